The van der Waals surface area contributed by atoms with Gasteiger partial charge in [0, 0.05) is 18.3 Å². The highest BCUT2D eigenvalue weighted by molar-refractivity contribution is 5.26. The van der Waals surface area contributed by atoms with Crippen LogP contribution in [0.2, 0.25) is 0 Å². The molecule has 1 aromatic heterocycles. The Morgan fingerprint density at radius 3 is 2.50 bits per heavy atom. The summed E-state index contributed by atoms with van der Waals surface area (Å²) in [7, 11) is 0. The second-order valence-corrected chi connectivity index (χ2v) is 5.24. The van der Waals surface area contributed by atoms with Crippen LogP contribution in [0.3, 0.4) is 0 Å². The lowest BCUT2D eigenvalue weighted by atomic mass is 10.1. The lowest BCUT2D eigenvalue weighted by molar-refractivity contribution is 0.231. The van der Waals surface area contributed by atoms with Crippen molar-refractivity contribution >= 4 is 0 Å². The topological polar surface area (TPSA) is 34.1 Å². The molecule has 0 atom stereocenters. The zero-order valence-electron chi connectivity index (χ0n) is 12.3. The summed E-state index contributed by atoms with van der Waals surface area (Å²) >= 11 is 0. The molecule has 3 nitrogen and oxygen atoms in total. The maximum absolute atomic E-state index is 5.71. The monoisotopic (exact) mass is 250 g/mol. The normalized spacial score (nSPS) is 11.3. The summed E-state index contributed by atoms with van der Waals surface area (Å²) in [5.41, 5.74) is 2.35. The van der Waals surface area contributed by atoms with Crippen LogP contribution in [0.15, 0.2) is 12.1 Å². The standard InChI is InChI=1S/C15H26N2O/c1-6-7-16-10-13-8-14(11(2)3)17-15(9-13)18-12(4)5/h8-9,11-12,16H,6-7,10H2,1-5H3. The Hall–Kier alpha value is -1.09. The van der Waals surface area contributed by atoms with E-state index in [1.165, 1.54) is 5.56 Å². The molecule has 0 bridgehead atoms. The van der Waals surface area contributed by atoms with Crippen molar-refractivity contribution in [2.75, 3.05) is 6.54 Å². The molecule has 0 spiro atoms. The van der Waals surface area contributed by atoms with E-state index in [2.05, 4.69) is 37.1 Å². The lowest BCUT2D eigenvalue weighted by Crippen LogP contribution is -2.15. The summed E-state index contributed by atoms with van der Waals surface area (Å²) in [4.78, 5) is 4.55. The third-order valence-electron chi connectivity index (χ3n) is 2.59. The molecule has 0 aromatic carbocycles. The van der Waals surface area contributed by atoms with Gasteiger partial charge in [0.1, 0.15) is 0 Å². The molecule has 0 radical (unpaired) electrons. The molecule has 0 aliphatic heterocycles. The van der Waals surface area contributed by atoms with Crippen molar-refractivity contribution in [3.05, 3.63) is 23.4 Å². The van der Waals surface area contributed by atoms with E-state index < -0.39 is 0 Å². The van der Waals surface area contributed by atoms with Crippen molar-refractivity contribution in [3.8, 4) is 5.88 Å². The van der Waals surface area contributed by atoms with Gasteiger partial charge in [0.25, 0.3) is 0 Å². The fraction of sp³-hybridized carbons (Fsp3) is 0.667. The van der Waals surface area contributed by atoms with Crippen LogP contribution in [0.1, 0.15) is 58.2 Å². The molecule has 3 heteroatoms. The van der Waals surface area contributed by atoms with Crippen LogP contribution in [0.4, 0.5) is 0 Å². The van der Waals surface area contributed by atoms with Crippen LogP contribution in [0.5, 0.6) is 5.88 Å². The molecule has 18 heavy (non-hydrogen) atoms. The number of nitrogens with zero attached hydrogens (tertiary/aromatic N) is 1. The highest BCUT2D eigenvalue weighted by Gasteiger charge is 2.08. The Balaban J connectivity index is 2.84. The number of rotatable bonds is 7. The SMILES string of the molecule is CCCNCc1cc(OC(C)C)nc(C(C)C)c1. The van der Waals surface area contributed by atoms with Crippen LogP contribution in [0, 0.1) is 0 Å². The number of ether oxygens (including phenoxy) is 1. The molecule has 1 aromatic rings. The van der Waals surface area contributed by atoms with Gasteiger partial charge in [-0.15, -0.1) is 0 Å². The van der Waals surface area contributed by atoms with Crippen molar-refractivity contribution in [1.29, 1.82) is 0 Å². The fourth-order valence-corrected chi connectivity index (χ4v) is 1.69. The van der Waals surface area contributed by atoms with E-state index in [9.17, 15) is 0 Å². The second-order valence-electron chi connectivity index (χ2n) is 5.24. The van der Waals surface area contributed by atoms with Gasteiger partial charge >= 0.3 is 0 Å². The minimum absolute atomic E-state index is 0.163. The highest BCUT2D eigenvalue weighted by atomic mass is 16.5. The number of pyridine rings is 1. The highest BCUT2D eigenvalue weighted by Crippen LogP contribution is 2.19. The first-order chi connectivity index (χ1) is 8.52. The Bertz CT molecular complexity index is 362. The van der Waals surface area contributed by atoms with Crippen molar-refractivity contribution in [3.63, 3.8) is 0 Å². The van der Waals surface area contributed by atoms with Crippen LogP contribution in [0.25, 0.3) is 0 Å². The third-order valence-corrected chi connectivity index (χ3v) is 2.59. The Morgan fingerprint density at radius 2 is 1.94 bits per heavy atom. The van der Waals surface area contributed by atoms with Gasteiger partial charge in [0.05, 0.1) is 6.10 Å². The average molecular weight is 250 g/mol. The summed E-state index contributed by atoms with van der Waals surface area (Å²) < 4.78 is 5.71. The van der Waals surface area contributed by atoms with Crippen molar-refractivity contribution < 1.29 is 4.74 Å². The molecule has 0 aliphatic carbocycles. The fourth-order valence-electron chi connectivity index (χ4n) is 1.69. The number of hydrogen-bond acceptors (Lipinski definition) is 3. The Kier molecular flexibility index (Phi) is 6.13. The first-order valence-electron chi connectivity index (χ1n) is 6.91. The van der Waals surface area contributed by atoms with Crippen LogP contribution >= 0.6 is 0 Å². The third kappa shape index (κ3) is 5.05. The molecule has 0 fully saturated rings. The van der Waals surface area contributed by atoms with Gasteiger partial charge in [0.15, 0.2) is 0 Å². The summed E-state index contributed by atoms with van der Waals surface area (Å²) in [6.07, 6.45) is 1.31. The first kappa shape index (κ1) is 15.0. The summed E-state index contributed by atoms with van der Waals surface area (Å²) in [5.74, 6) is 1.16. The van der Waals surface area contributed by atoms with E-state index in [1.54, 1.807) is 0 Å². The first-order valence-corrected chi connectivity index (χ1v) is 6.91. The molecular weight excluding hydrogens is 224 g/mol. The number of hydrogen-bond donors (Lipinski definition) is 1. The zero-order chi connectivity index (χ0) is 13.5. The minimum atomic E-state index is 0.163. The zero-order valence-corrected chi connectivity index (χ0v) is 12.3. The predicted octanol–water partition coefficient (Wildman–Crippen LogP) is 3.49. The quantitative estimate of drug-likeness (QED) is 0.752. The van der Waals surface area contributed by atoms with E-state index >= 15 is 0 Å². The van der Waals surface area contributed by atoms with Gasteiger partial charge in [-0.2, -0.15) is 0 Å². The van der Waals surface area contributed by atoms with Gasteiger partial charge in [-0.1, -0.05) is 20.8 Å². The summed E-state index contributed by atoms with van der Waals surface area (Å²) in [5, 5.41) is 3.41. The van der Waals surface area contributed by atoms with Crippen molar-refractivity contribution in [2.24, 2.45) is 0 Å². The molecule has 0 aliphatic rings. The minimum Gasteiger partial charge on any atom is -0.475 e. The van der Waals surface area contributed by atoms with E-state index in [0.29, 0.717) is 5.92 Å². The molecule has 0 saturated carbocycles. The largest absolute Gasteiger partial charge is 0.475 e. The molecule has 0 amide bonds. The Morgan fingerprint density at radius 1 is 1.22 bits per heavy atom. The molecular formula is C15H26N2O. The maximum Gasteiger partial charge on any atom is 0.214 e. The number of nitrogens with one attached hydrogen (secondary N) is 1. The maximum atomic E-state index is 5.71. The van der Waals surface area contributed by atoms with E-state index in [4.69, 9.17) is 4.74 Å². The van der Waals surface area contributed by atoms with E-state index in [0.717, 1.165) is 31.1 Å². The molecule has 0 unspecified atom stereocenters. The predicted molar refractivity (Wildman–Crippen MR) is 76.1 cm³/mol. The van der Waals surface area contributed by atoms with Crippen LogP contribution in [-0.2, 0) is 6.54 Å². The molecule has 1 heterocycles. The van der Waals surface area contributed by atoms with Crippen LogP contribution in [-0.4, -0.2) is 17.6 Å². The van der Waals surface area contributed by atoms with Gasteiger partial charge in [-0.25, -0.2) is 4.98 Å². The van der Waals surface area contributed by atoms with Gasteiger partial charge < -0.3 is 10.1 Å². The number of aromatic nitrogens is 1. The smallest absolute Gasteiger partial charge is 0.214 e. The lowest BCUT2D eigenvalue weighted by Gasteiger charge is -2.14. The molecule has 0 saturated heterocycles. The van der Waals surface area contributed by atoms with Crippen molar-refractivity contribution in [2.45, 2.75) is 59.6 Å². The molecule has 1 N–H and O–H groups in total. The molecule has 102 valence electrons. The van der Waals surface area contributed by atoms with Gasteiger partial charge in [0.2, 0.25) is 5.88 Å². The van der Waals surface area contributed by atoms with E-state index in [1.807, 2.05) is 19.9 Å². The summed E-state index contributed by atoms with van der Waals surface area (Å²) in [6.45, 7) is 12.5. The Labute approximate surface area is 111 Å². The second kappa shape index (κ2) is 7.37. The van der Waals surface area contributed by atoms with Gasteiger partial charge in [-0.3, -0.25) is 0 Å². The summed E-state index contributed by atoms with van der Waals surface area (Å²) in [6, 6.07) is 4.20. The van der Waals surface area contributed by atoms with Crippen LogP contribution < -0.4 is 10.1 Å². The van der Waals surface area contributed by atoms with Crippen molar-refractivity contribution in [1.82, 2.24) is 10.3 Å². The molecule has 1 rings (SSSR count). The van der Waals surface area contributed by atoms with E-state index in [-0.39, 0.29) is 6.10 Å². The average Bonchev–Trinajstić information content (AvgIpc) is 2.28. The van der Waals surface area contributed by atoms with Gasteiger partial charge in [-0.05, 0) is 44.4 Å².